The molecule has 0 fully saturated rings. The maximum atomic E-state index is 11.3. The molecule has 4 nitrogen and oxygen atoms in total. The molecule has 2 aliphatic heterocycles. The Morgan fingerprint density at radius 2 is 1.35 bits per heavy atom. The molecule has 2 heterocycles. The number of carbonyl (C=O) groups is 2. The van der Waals surface area contributed by atoms with Crippen molar-refractivity contribution >= 4 is 11.8 Å². The Hall–Kier alpha value is -2.62. The van der Waals surface area contributed by atoms with E-state index in [1.807, 2.05) is 44.2 Å². The molecule has 2 N–H and O–H groups in total. The first-order chi connectivity index (χ1) is 11.0. The first kappa shape index (κ1) is 15.3. The third-order valence-corrected chi connectivity index (χ3v) is 4.13. The highest BCUT2D eigenvalue weighted by Crippen LogP contribution is 2.16. The number of rotatable bonds is 0. The molecular formula is C19H20N2O2. The van der Waals surface area contributed by atoms with Gasteiger partial charge in [-0.2, -0.15) is 0 Å². The maximum Gasteiger partial charge on any atom is 0.251 e. The Bertz CT molecular complexity index is 781. The van der Waals surface area contributed by atoms with E-state index in [1.165, 1.54) is 16.7 Å². The largest absolute Gasteiger partial charge is 0.352 e. The van der Waals surface area contributed by atoms with Crippen LogP contribution in [0.4, 0.5) is 0 Å². The highest BCUT2D eigenvalue weighted by atomic mass is 16.2. The van der Waals surface area contributed by atoms with E-state index in [0.717, 1.165) is 29.7 Å². The van der Waals surface area contributed by atoms with Crippen molar-refractivity contribution in [2.24, 2.45) is 0 Å². The second-order valence-electron chi connectivity index (χ2n) is 6.01. The van der Waals surface area contributed by atoms with E-state index in [9.17, 15) is 9.59 Å². The fourth-order valence-electron chi connectivity index (χ4n) is 2.92. The van der Waals surface area contributed by atoms with Crippen LogP contribution in [-0.4, -0.2) is 18.4 Å². The van der Waals surface area contributed by atoms with Crippen molar-refractivity contribution in [2.75, 3.05) is 6.54 Å². The third kappa shape index (κ3) is 3.26. The summed E-state index contributed by atoms with van der Waals surface area (Å²) in [6.07, 6.45) is 0.961. The quantitative estimate of drug-likeness (QED) is 0.785. The van der Waals surface area contributed by atoms with Crippen molar-refractivity contribution in [2.45, 2.75) is 26.8 Å². The van der Waals surface area contributed by atoms with E-state index >= 15 is 0 Å². The van der Waals surface area contributed by atoms with Crippen LogP contribution in [0.5, 0.6) is 0 Å². The van der Waals surface area contributed by atoms with Crippen LogP contribution in [-0.2, 0) is 13.0 Å². The van der Waals surface area contributed by atoms with E-state index in [4.69, 9.17) is 0 Å². The van der Waals surface area contributed by atoms with Crippen molar-refractivity contribution in [1.82, 2.24) is 10.6 Å². The molecule has 0 aromatic heterocycles. The van der Waals surface area contributed by atoms with Gasteiger partial charge < -0.3 is 10.6 Å². The SMILES string of the molecule is Cc1ccc2c(c1)CCNC2=O.Cc1ccc2c(c1)CNC2=O. The topological polar surface area (TPSA) is 58.2 Å². The average molecular weight is 308 g/mol. The van der Waals surface area contributed by atoms with Gasteiger partial charge in [-0.1, -0.05) is 35.4 Å². The number of hydrogen-bond donors (Lipinski definition) is 2. The Morgan fingerprint density at radius 1 is 0.783 bits per heavy atom. The van der Waals surface area contributed by atoms with Crippen LogP contribution < -0.4 is 10.6 Å². The lowest BCUT2D eigenvalue weighted by Gasteiger charge is -2.16. The van der Waals surface area contributed by atoms with Crippen molar-refractivity contribution in [3.63, 3.8) is 0 Å². The zero-order valence-corrected chi connectivity index (χ0v) is 13.4. The second kappa shape index (κ2) is 6.24. The molecule has 0 radical (unpaired) electrons. The number of benzene rings is 2. The third-order valence-electron chi connectivity index (χ3n) is 4.13. The Balaban J connectivity index is 0.000000136. The van der Waals surface area contributed by atoms with Crippen molar-refractivity contribution in [3.8, 4) is 0 Å². The highest BCUT2D eigenvalue weighted by Gasteiger charge is 2.17. The molecule has 2 aromatic carbocycles. The summed E-state index contributed by atoms with van der Waals surface area (Å²) in [6.45, 7) is 5.54. The molecular weight excluding hydrogens is 288 g/mol. The van der Waals surface area contributed by atoms with Crippen molar-refractivity contribution < 1.29 is 9.59 Å². The van der Waals surface area contributed by atoms with Gasteiger partial charge in [0.05, 0.1) is 0 Å². The van der Waals surface area contributed by atoms with Gasteiger partial charge in [-0.25, -0.2) is 0 Å². The van der Waals surface area contributed by atoms with Crippen molar-refractivity contribution in [3.05, 3.63) is 69.8 Å². The molecule has 0 bridgehead atoms. The minimum absolute atomic E-state index is 0.0556. The molecule has 0 spiro atoms. The standard InChI is InChI=1S/C10H11NO.C9H9NO/c1-7-2-3-9-8(6-7)4-5-11-10(9)12;1-6-2-3-8-7(4-6)5-10-9(8)11/h2-3,6H,4-5H2,1H3,(H,11,12);2-4H,5H2,1H3,(H,10,11). The van der Waals surface area contributed by atoms with Gasteiger partial charge in [-0.15, -0.1) is 0 Å². The zero-order chi connectivity index (χ0) is 16.4. The summed E-state index contributed by atoms with van der Waals surface area (Å²) in [5, 5.41) is 5.59. The molecule has 0 saturated carbocycles. The lowest BCUT2D eigenvalue weighted by atomic mass is 9.98. The number of aryl methyl sites for hydroxylation is 2. The summed E-state index contributed by atoms with van der Waals surface area (Å²) < 4.78 is 0. The minimum atomic E-state index is 0.0556. The van der Waals surface area contributed by atoms with Gasteiger partial charge in [-0.3, -0.25) is 9.59 Å². The Morgan fingerprint density at radius 3 is 2.04 bits per heavy atom. The summed E-state index contributed by atoms with van der Waals surface area (Å²) in [4.78, 5) is 22.4. The Kier molecular flexibility index (Phi) is 4.15. The van der Waals surface area contributed by atoms with Gasteiger partial charge in [0.25, 0.3) is 11.8 Å². The van der Waals surface area contributed by atoms with Gasteiger partial charge in [0.1, 0.15) is 0 Å². The molecule has 2 aromatic rings. The van der Waals surface area contributed by atoms with Crippen LogP contribution in [0.25, 0.3) is 0 Å². The summed E-state index contributed by atoms with van der Waals surface area (Å²) in [5.41, 5.74) is 6.40. The monoisotopic (exact) mass is 308 g/mol. The summed E-state index contributed by atoms with van der Waals surface area (Å²) in [5.74, 6) is 0.122. The number of fused-ring (bicyclic) bond motifs is 2. The van der Waals surface area contributed by atoms with Gasteiger partial charge in [0.15, 0.2) is 0 Å². The highest BCUT2D eigenvalue weighted by molar-refractivity contribution is 5.98. The van der Waals surface area contributed by atoms with Crippen molar-refractivity contribution in [1.29, 1.82) is 0 Å². The maximum absolute atomic E-state index is 11.3. The lowest BCUT2D eigenvalue weighted by Crippen LogP contribution is -2.31. The number of nitrogens with one attached hydrogen (secondary N) is 2. The molecule has 0 atom stereocenters. The smallest absolute Gasteiger partial charge is 0.251 e. The Labute approximate surface area is 135 Å². The first-order valence-corrected chi connectivity index (χ1v) is 7.80. The van der Waals surface area contributed by atoms with Crippen LogP contribution in [0, 0.1) is 13.8 Å². The van der Waals surface area contributed by atoms with Gasteiger partial charge in [0.2, 0.25) is 0 Å². The summed E-state index contributed by atoms with van der Waals surface area (Å²) in [6, 6.07) is 11.9. The van der Waals surface area contributed by atoms with E-state index in [2.05, 4.69) is 16.7 Å². The predicted molar refractivity (Wildman–Crippen MR) is 89.6 cm³/mol. The normalized spacial score (nSPS) is 14.9. The molecule has 4 heteroatoms. The molecule has 2 aliphatic rings. The van der Waals surface area contributed by atoms with Gasteiger partial charge >= 0.3 is 0 Å². The van der Waals surface area contributed by atoms with Crippen LogP contribution in [0.2, 0.25) is 0 Å². The van der Waals surface area contributed by atoms with Crippen LogP contribution in [0.15, 0.2) is 36.4 Å². The molecule has 0 saturated heterocycles. The van der Waals surface area contributed by atoms with E-state index in [-0.39, 0.29) is 11.8 Å². The van der Waals surface area contributed by atoms with E-state index in [1.54, 1.807) is 0 Å². The zero-order valence-electron chi connectivity index (χ0n) is 13.4. The second-order valence-corrected chi connectivity index (χ2v) is 6.01. The summed E-state index contributed by atoms with van der Waals surface area (Å²) >= 11 is 0. The number of carbonyl (C=O) groups excluding carboxylic acids is 2. The van der Waals surface area contributed by atoms with Crippen LogP contribution >= 0.6 is 0 Å². The average Bonchev–Trinajstić information content (AvgIpc) is 2.88. The number of amides is 2. The fraction of sp³-hybridized carbons (Fsp3) is 0.263. The van der Waals surface area contributed by atoms with Crippen LogP contribution in [0.1, 0.15) is 43.0 Å². The molecule has 4 rings (SSSR count). The predicted octanol–water partition coefficient (Wildman–Crippen LogP) is 2.52. The van der Waals surface area contributed by atoms with Gasteiger partial charge in [-0.05, 0) is 43.5 Å². The van der Waals surface area contributed by atoms with E-state index in [0.29, 0.717) is 6.54 Å². The first-order valence-electron chi connectivity index (χ1n) is 7.80. The molecule has 0 aliphatic carbocycles. The summed E-state index contributed by atoms with van der Waals surface area (Å²) in [7, 11) is 0. The molecule has 2 amide bonds. The van der Waals surface area contributed by atoms with Gasteiger partial charge in [0, 0.05) is 24.2 Å². The lowest BCUT2D eigenvalue weighted by molar-refractivity contribution is 0.0943. The minimum Gasteiger partial charge on any atom is -0.352 e. The molecule has 23 heavy (non-hydrogen) atoms. The van der Waals surface area contributed by atoms with Crippen LogP contribution in [0.3, 0.4) is 0 Å². The molecule has 118 valence electrons. The fourth-order valence-corrected chi connectivity index (χ4v) is 2.92. The number of hydrogen-bond acceptors (Lipinski definition) is 2. The van der Waals surface area contributed by atoms with E-state index < -0.39 is 0 Å². The molecule has 0 unspecified atom stereocenters.